The van der Waals surface area contributed by atoms with Crippen LogP contribution in [0.1, 0.15) is 24.5 Å². The number of hydrogen-bond acceptors (Lipinski definition) is 5. The van der Waals surface area contributed by atoms with Crippen molar-refractivity contribution in [3.8, 4) is 17.6 Å². The summed E-state index contributed by atoms with van der Waals surface area (Å²) in [5.41, 5.74) is 1.86. The third-order valence-corrected chi connectivity index (χ3v) is 4.93. The second kappa shape index (κ2) is 10.5. The van der Waals surface area contributed by atoms with E-state index in [-0.39, 0.29) is 12.5 Å². The van der Waals surface area contributed by atoms with Gasteiger partial charge >= 0.3 is 0 Å². The topological polar surface area (TPSA) is 65.8 Å². The molecule has 0 N–H and O–H groups in total. The number of nitrogens with zero attached hydrogens (tertiary/aromatic N) is 3. The summed E-state index contributed by atoms with van der Waals surface area (Å²) in [5, 5.41) is 8.90. The molecule has 0 atom stereocenters. The van der Waals surface area contributed by atoms with Gasteiger partial charge in [0.1, 0.15) is 11.5 Å². The third kappa shape index (κ3) is 6.23. The van der Waals surface area contributed by atoms with E-state index < -0.39 is 0 Å². The Morgan fingerprint density at radius 2 is 1.66 bits per heavy atom. The molecule has 1 heterocycles. The maximum absolute atomic E-state index is 12.6. The highest BCUT2D eigenvalue weighted by molar-refractivity contribution is 5.77. The Hall–Kier alpha value is -3.04. The molecule has 1 saturated heterocycles. The first kappa shape index (κ1) is 20.7. The standard InChI is InChI=1S/C23H27N3O3/c1-2-28-21-8-10-22(11-9-21)29-18-23(27)26-13-3-12-25(14-15-26)17-20-6-4-19(16-24)5-7-20/h4-11H,2-3,12-15,17-18H2,1H3. The van der Waals surface area contributed by atoms with Crippen molar-refractivity contribution in [3.05, 3.63) is 59.7 Å². The molecule has 6 heteroatoms. The first-order valence-electron chi connectivity index (χ1n) is 10.0. The van der Waals surface area contributed by atoms with E-state index in [1.807, 2.05) is 60.4 Å². The van der Waals surface area contributed by atoms with Gasteiger partial charge in [0.25, 0.3) is 5.91 Å². The van der Waals surface area contributed by atoms with Crippen LogP contribution in [0.3, 0.4) is 0 Å². The van der Waals surface area contributed by atoms with Gasteiger partial charge in [-0.25, -0.2) is 0 Å². The Kier molecular flexibility index (Phi) is 7.48. The predicted molar refractivity (Wildman–Crippen MR) is 111 cm³/mol. The number of ether oxygens (including phenoxy) is 2. The largest absolute Gasteiger partial charge is 0.494 e. The molecule has 0 unspecified atom stereocenters. The number of amides is 1. The van der Waals surface area contributed by atoms with Gasteiger partial charge in [0.05, 0.1) is 18.2 Å². The van der Waals surface area contributed by atoms with Crippen LogP contribution < -0.4 is 9.47 Å². The molecule has 1 aliphatic heterocycles. The lowest BCUT2D eigenvalue weighted by Gasteiger charge is -2.22. The fraction of sp³-hybridized carbons (Fsp3) is 0.391. The summed E-state index contributed by atoms with van der Waals surface area (Å²) in [6, 6.07) is 17.2. The van der Waals surface area contributed by atoms with Crippen LogP contribution in [-0.2, 0) is 11.3 Å². The summed E-state index contributed by atoms with van der Waals surface area (Å²) in [5.74, 6) is 1.47. The van der Waals surface area contributed by atoms with Gasteiger partial charge in [-0.05, 0) is 55.3 Å². The Morgan fingerprint density at radius 1 is 0.966 bits per heavy atom. The minimum absolute atomic E-state index is 0.0131. The van der Waals surface area contributed by atoms with Crippen LogP contribution in [0.25, 0.3) is 0 Å². The monoisotopic (exact) mass is 393 g/mol. The van der Waals surface area contributed by atoms with Gasteiger partial charge in [-0.2, -0.15) is 5.26 Å². The number of benzene rings is 2. The fourth-order valence-corrected chi connectivity index (χ4v) is 3.36. The second-order valence-corrected chi connectivity index (χ2v) is 7.01. The zero-order valence-corrected chi connectivity index (χ0v) is 16.8. The summed E-state index contributed by atoms with van der Waals surface area (Å²) in [4.78, 5) is 16.8. The van der Waals surface area contributed by atoms with Crippen LogP contribution >= 0.6 is 0 Å². The van der Waals surface area contributed by atoms with Crippen LogP contribution in [0.15, 0.2) is 48.5 Å². The molecule has 0 aliphatic carbocycles. The molecule has 2 aromatic rings. The van der Waals surface area contributed by atoms with E-state index in [1.54, 1.807) is 0 Å². The Balaban J connectivity index is 1.45. The predicted octanol–water partition coefficient (Wildman–Crippen LogP) is 3.07. The molecule has 0 aromatic heterocycles. The number of carbonyl (C=O) groups excluding carboxylic acids is 1. The molecule has 152 valence electrons. The number of carbonyl (C=O) groups is 1. The van der Waals surface area contributed by atoms with Crippen molar-refractivity contribution in [1.29, 1.82) is 5.26 Å². The molecule has 1 amide bonds. The number of nitriles is 1. The molecule has 6 nitrogen and oxygen atoms in total. The van der Waals surface area contributed by atoms with Crippen LogP contribution in [0.5, 0.6) is 11.5 Å². The van der Waals surface area contributed by atoms with Crippen molar-refractivity contribution >= 4 is 5.91 Å². The summed E-state index contributed by atoms with van der Waals surface area (Å²) in [6.45, 7) is 6.65. The summed E-state index contributed by atoms with van der Waals surface area (Å²) >= 11 is 0. The molecule has 2 aromatic carbocycles. The van der Waals surface area contributed by atoms with E-state index in [9.17, 15) is 4.79 Å². The first-order valence-corrected chi connectivity index (χ1v) is 10.0. The van der Waals surface area contributed by atoms with E-state index in [0.717, 1.165) is 38.3 Å². The highest BCUT2D eigenvalue weighted by atomic mass is 16.5. The van der Waals surface area contributed by atoms with E-state index in [1.165, 1.54) is 5.56 Å². The first-order chi connectivity index (χ1) is 14.2. The van der Waals surface area contributed by atoms with Gasteiger partial charge in [-0.1, -0.05) is 12.1 Å². The average molecular weight is 393 g/mol. The molecular formula is C23H27N3O3. The van der Waals surface area contributed by atoms with E-state index in [0.29, 0.717) is 24.5 Å². The normalized spacial score (nSPS) is 14.7. The van der Waals surface area contributed by atoms with Crippen molar-refractivity contribution in [2.24, 2.45) is 0 Å². The quantitative estimate of drug-likeness (QED) is 0.723. The van der Waals surface area contributed by atoms with E-state index in [2.05, 4.69) is 11.0 Å². The van der Waals surface area contributed by atoms with Gasteiger partial charge in [-0.15, -0.1) is 0 Å². The fourth-order valence-electron chi connectivity index (χ4n) is 3.36. The summed E-state index contributed by atoms with van der Waals surface area (Å²) in [7, 11) is 0. The van der Waals surface area contributed by atoms with Gasteiger partial charge in [-0.3, -0.25) is 9.69 Å². The van der Waals surface area contributed by atoms with Crippen molar-refractivity contribution in [1.82, 2.24) is 9.80 Å². The SMILES string of the molecule is CCOc1ccc(OCC(=O)N2CCCN(Cc3ccc(C#N)cc3)CC2)cc1. The Morgan fingerprint density at radius 3 is 2.31 bits per heavy atom. The van der Waals surface area contributed by atoms with Crippen molar-refractivity contribution in [3.63, 3.8) is 0 Å². The van der Waals surface area contributed by atoms with Crippen LogP contribution in [-0.4, -0.2) is 55.1 Å². The molecule has 0 bridgehead atoms. The minimum Gasteiger partial charge on any atom is -0.494 e. The molecule has 0 radical (unpaired) electrons. The molecule has 0 saturated carbocycles. The van der Waals surface area contributed by atoms with Crippen molar-refractivity contribution < 1.29 is 14.3 Å². The van der Waals surface area contributed by atoms with Crippen LogP contribution in [0, 0.1) is 11.3 Å². The maximum atomic E-state index is 12.6. The number of rotatable bonds is 7. The smallest absolute Gasteiger partial charge is 0.260 e. The second-order valence-electron chi connectivity index (χ2n) is 7.01. The lowest BCUT2D eigenvalue weighted by molar-refractivity contribution is -0.133. The molecule has 0 spiro atoms. The van der Waals surface area contributed by atoms with E-state index >= 15 is 0 Å². The van der Waals surface area contributed by atoms with Crippen molar-refractivity contribution in [2.45, 2.75) is 19.9 Å². The Labute approximate surface area is 172 Å². The van der Waals surface area contributed by atoms with Crippen molar-refractivity contribution in [2.75, 3.05) is 39.4 Å². The summed E-state index contributed by atoms with van der Waals surface area (Å²) < 4.78 is 11.1. The molecule has 1 aliphatic rings. The zero-order valence-electron chi connectivity index (χ0n) is 16.8. The third-order valence-electron chi connectivity index (χ3n) is 4.93. The van der Waals surface area contributed by atoms with Gasteiger partial charge in [0, 0.05) is 32.7 Å². The van der Waals surface area contributed by atoms with Crippen LogP contribution in [0.4, 0.5) is 0 Å². The molecular weight excluding hydrogens is 366 g/mol. The molecule has 1 fully saturated rings. The average Bonchev–Trinajstić information content (AvgIpc) is 2.99. The lowest BCUT2D eigenvalue weighted by atomic mass is 10.1. The molecule has 3 rings (SSSR count). The zero-order chi connectivity index (χ0) is 20.5. The molecule has 29 heavy (non-hydrogen) atoms. The van der Waals surface area contributed by atoms with E-state index in [4.69, 9.17) is 14.7 Å². The lowest BCUT2D eigenvalue weighted by Crippen LogP contribution is -2.38. The van der Waals surface area contributed by atoms with Crippen LogP contribution in [0.2, 0.25) is 0 Å². The highest BCUT2D eigenvalue weighted by Gasteiger charge is 2.19. The highest BCUT2D eigenvalue weighted by Crippen LogP contribution is 2.18. The summed E-state index contributed by atoms with van der Waals surface area (Å²) in [6.07, 6.45) is 0.936. The minimum atomic E-state index is 0.0131. The van der Waals surface area contributed by atoms with Gasteiger partial charge < -0.3 is 14.4 Å². The Bertz CT molecular complexity index is 828. The maximum Gasteiger partial charge on any atom is 0.260 e. The van der Waals surface area contributed by atoms with Gasteiger partial charge in [0.2, 0.25) is 0 Å². The van der Waals surface area contributed by atoms with Gasteiger partial charge in [0.15, 0.2) is 6.61 Å². The number of hydrogen-bond donors (Lipinski definition) is 0.